The van der Waals surface area contributed by atoms with E-state index < -0.39 is 0 Å². The van der Waals surface area contributed by atoms with Crippen LogP contribution in [0.2, 0.25) is 10.0 Å². The summed E-state index contributed by atoms with van der Waals surface area (Å²) in [6.07, 6.45) is 4.54. The van der Waals surface area contributed by atoms with E-state index in [0.29, 0.717) is 11.3 Å². The summed E-state index contributed by atoms with van der Waals surface area (Å²) < 4.78 is 0. The molecule has 0 aromatic heterocycles. The van der Waals surface area contributed by atoms with Gasteiger partial charge in [0.15, 0.2) is 0 Å². The molecule has 1 aliphatic carbocycles. The first-order valence-electron chi connectivity index (χ1n) is 5.53. The topological polar surface area (TPSA) is 26.0 Å². The molecule has 1 nitrogen and oxygen atoms in total. The van der Waals surface area contributed by atoms with Crippen molar-refractivity contribution in [1.82, 2.24) is 0 Å². The molecule has 0 spiro atoms. The maximum Gasteiger partial charge on any atom is 0.0557 e. The lowest BCUT2D eigenvalue weighted by atomic mass is 9.96. The molecule has 1 fully saturated rings. The number of benzene rings is 1. The Balaban J connectivity index is 2.04. The third-order valence-electron chi connectivity index (χ3n) is 2.92. The summed E-state index contributed by atoms with van der Waals surface area (Å²) in [4.78, 5) is 1.02. The summed E-state index contributed by atoms with van der Waals surface area (Å²) in [6, 6.07) is 6.05. The SMILES string of the molecule is NC1CCC(Sc2c(Cl)cccc2Cl)CC1. The number of rotatable bonds is 2. The lowest BCUT2D eigenvalue weighted by Gasteiger charge is -2.26. The van der Waals surface area contributed by atoms with Crippen LogP contribution < -0.4 is 5.73 Å². The summed E-state index contributed by atoms with van der Waals surface area (Å²) in [5.74, 6) is 0. The van der Waals surface area contributed by atoms with Crippen molar-refractivity contribution < 1.29 is 0 Å². The number of thioether (sulfide) groups is 1. The molecule has 16 heavy (non-hydrogen) atoms. The van der Waals surface area contributed by atoms with Crippen LogP contribution in [0, 0.1) is 0 Å². The van der Waals surface area contributed by atoms with E-state index in [-0.39, 0.29) is 0 Å². The third kappa shape index (κ3) is 3.07. The zero-order valence-corrected chi connectivity index (χ0v) is 11.3. The Labute approximate surface area is 111 Å². The van der Waals surface area contributed by atoms with Crippen molar-refractivity contribution >= 4 is 35.0 Å². The van der Waals surface area contributed by atoms with Crippen LogP contribution in [0.1, 0.15) is 25.7 Å². The van der Waals surface area contributed by atoms with Gasteiger partial charge in [-0.05, 0) is 37.8 Å². The van der Waals surface area contributed by atoms with Gasteiger partial charge in [-0.1, -0.05) is 29.3 Å². The molecule has 0 aliphatic heterocycles. The molecule has 0 atom stereocenters. The van der Waals surface area contributed by atoms with Crippen LogP contribution in [0.5, 0.6) is 0 Å². The summed E-state index contributed by atoms with van der Waals surface area (Å²) in [7, 11) is 0. The van der Waals surface area contributed by atoms with E-state index in [1.807, 2.05) is 18.2 Å². The van der Waals surface area contributed by atoms with E-state index in [4.69, 9.17) is 28.9 Å². The first-order valence-corrected chi connectivity index (χ1v) is 7.16. The van der Waals surface area contributed by atoms with Crippen molar-refractivity contribution in [1.29, 1.82) is 0 Å². The second-order valence-corrected chi connectivity index (χ2v) is 6.33. The average molecular weight is 276 g/mol. The highest BCUT2D eigenvalue weighted by atomic mass is 35.5. The fourth-order valence-electron chi connectivity index (χ4n) is 1.97. The van der Waals surface area contributed by atoms with Gasteiger partial charge in [0.05, 0.1) is 10.0 Å². The van der Waals surface area contributed by atoms with Gasteiger partial charge in [0.25, 0.3) is 0 Å². The van der Waals surface area contributed by atoms with Crippen LogP contribution in [0.3, 0.4) is 0 Å². The largest absolute Gasteiger partial charge is 0.328 e. The van der Waals surface area contributed by atoms with Crippen molar-refractivity contribution in [3.05, 3.63) is 28.2 Å². The summed E-state index contributed by atoms with van der Waals surface area (Å²) in [5, 5.41) is 2.12. The highest BCUT2D eigenvalue weighted by Gasteiger charge is 2.21. The van der Waals surface area contributed by atoms with Gasteiger partial charge in [0, 0.05) is 16.2 Å². The number of hydrogen-bond acceptors (Lipinski definition) is 2. The maximum atomic E-state index is 6.15. The van der Waals surface area contributed by atoms with Gasteiger partial charge < -0.3 is 5.73 Å². The van der Waals surface area contributed by atoms with Crippen LogP contribution in [0.25, 0.3) is 0 Å². The molecule has 0 radical (unpaired) electrons. The van der Waals surface area contributed by atoms with Gasteiger partial charge in [0.1, 0.15) is 0 Å². The zero-order valence-electron chi connectivity index (χ0n) is 8.96. The number of nitrogens with two attached hydrogens (primary N) is 1. The number of hydrogen-bond donors (Lipinski definition) is 1. The van der Waals surface area contributed by atoms with Crippen molar-refractivity contribution in [2.75, 3.05) is 0 Å². The predicted molar refractivity (Wildman–Crippen MR) is 72.6 cm³/mol. The number of halogens is 2. The molecular weight excluding hydrogens is 261 g/mol. The fourth-order valence-corrected chi connectivity index (χ4v) is 3.84. The quantitative estimate of drug-likeness (QED) is 0.868. The molecule has 0 heterocycles. The molecule has 4 heteroatoms. The van der Waals surface area contributed by atoms with E-state index in [1.54, 1.807) is 11.8 Å². The van der Waals surface area contributed by atoms with E-state index in [1.165, 1.54) is 0 Å². The van der Waals surface area contributed by atoms with Crippen molar-refractivity contribution in [3.8, 4) is 0 Å². The first kappa shape index (κ1) is 12.6. The smallest absolute Gasteiger partial charge is 0.0557 e. The van der Waals surface area contributed by atoms with Crippen LogP contribution in [-0.2, 0) is 0 Å². The van der Waals surface area contributed by atoms with Crippen molar-refractivity contribution in [3.63, 3.8) is 0 Å². The normalized spacial score (nSPS) is 25.7. The molecule has 88 valence electrons. The Morgan fingerprint density at radius 3 is 2.19 bits per heavy atom. The van der Waals surface area contributed by atoms with E-state index in [0.717, 1.165) is 40.6 Å². The van der Waals surface area contributed by atoms with Crippen molar-refractivity contribution in [2.45, 2.75) is 41.9 Å². The van der Waals surface area contributed by atoms with E-state index >= 15 is 0 Å². The third-order valence-corrected chi connectivity index (χ3v) is 5.26. The molecule has 1 aromatic carbocycles. The van der Waals surface area contributed by atoms with Gasteiger partial charge in [0.2, 0.25) is 0 Å². The van der Waals surface area contributed by atoms with Gasteiger partial charge >= 0.3 is 0 Å². The minimum Gasteiger partial charge on any atom is -0.328 e. The lowest BCUT2D eigenvalue weighted by Crippen LogP contribution is -2.27. The minimum absolute atomic E-state index is 0.388. The Morgan fingerprint density at radius 2 is 1.62 bits per heavy atom. The molecule has 2 rings (SSSR count). The second kappa shape index (κ2) is 5.63. The molecular formula is C12H15Cl2NS. The predicted octanol–water partition coefficient (Wildman–Crippen LogP) is 4.36. The standard InChI is InChI=1S/C12H15Cl2NS/c13-10-2-1-3-11(14)12(10)16-9-6-4-8(15)5-7-9/h1-3,8-9H,4-7,15H2. The van der Waals surface area contributed by atoms with E-state index in [2.05, 4.69) is 0 Å². The van der Waals surface area contributed by atoms with Gasteiger partial charge in [-0.3, -0.25) is 0 Å². The molecule has 0 bridgehead atoms. The van der Waals surface area contributed by atoms with Crippen LogP contribution in [0.15, 0.2) is 23.1 Å². The summed E-state index contributed by atoms with van der Waals surface area (Å²) in [6.45, 7) is 0. The first-order chi connectivity index (χ1) is 7.66. The monoisotopic (exact) mass is 275 g/mol. The summed E-state index contributed by atoms with van der Waals surface area (Å²) in [5.41, 5.74) is 5.89. The molecule has 2 N–H and O–H groups in total. The highest BCUT2D eigenvalue weighted by Crippen LogP contribution is 2.40. The molecule has 1 aromatic rings. The zero-order chi connectivity index (χ0) is 11.5. The maximum absolute atomic E-state index is 6.15. The summed E-state index contributed by atoms with van der Waals surface area (Å²) >= 11 is 14.1. The fraction of sp³-hybridized carbons (Fsp3) is 0.500. The molecule has 1 saturated carbocycles. The van der Waals surface area contributed by atoms with Crippen LogP contribution >= 0.6 is 35.0 Å². The Morgan fingerprint density at radius 1 is 1.06 bits per heavy atom. The molecule has 0 saturated heterocycles. The van der Waals surface area contributed by atoms with Crippen molar-refractivity contribution in [2.24, 2.45) is 5.73 Å². The minimum atomic E-state index is 0.388. The molecule has 1 aliphatic rings. The van der Waals surface area contributed by atoms with E-state index in [9.17, 15) is 0 Å². The molecule has 0 unspecified atom stereocenters. The highest BCUT2D eigenvalue weighted by molar-refractivity contribution is 8.00. The lowest BCUT2D eigenvalue weighted by molar-refractivity contribution is 0.451. The van der Waals surface area contributed by atoms with Crippen LogP contribution in [-0.4, -0.2) is 11.3 Å². The second-order valence-electron chi connectivity index (χ2n) is 4.21. The van der Waals surface area contributed by atoms with Crippen LogP contribution in [0.4, 0.5) is 0 Å². The molecule has 0 amide bonds. The Hall–Kier alpha value is 0.110. The van der Waals surface area contributed by atoms with Gasteiger partial charge in [-0.25, -0.2) is 0 Å². The van der Waals surface area contributed by atoms with Gasteiger partial charge in [-0.2, -0.15) is 0 Å². The Bertz CT molecular complexity index is 342. The average Bonchev–Trinajstić information content (AvgIpc) is 2.26. The Kier molecular flexibility index (Phi) is 4.42. The van der Waals surface area contributed by atoms with Gasteiger partial charge in [-0.15, -0.1) is 11.8 Å².